The Kier molecular flexibility index (Phi) is 67.3. The number of nitrogens with zero attached hydrogens (tertiary/aromatic N) is 1. The molecule has 0 aromatic carbocycles. The van der Waals surface area contributed by atoms with Gasteiger partial charge in [0, 0.05) is 12.8 Å². The quantitative estimate of drug-likeness (QED) is 0.0195. The van der Waals surface area contributed by atoms with Crippen LogP contribution < -0.4 is 4.89 Å². The summed E-state index contributed by atoms with van der Waals surface area (Å²) >= 11 is 0. The molecule has 0 aromatic rings. The van der Waals surface area contributed by atoms with Crippen LogP contribution in [0.4, 0.5) is 0 Å². The Labute approximate surface area is 551 Å². The number of rotatable bonds is 70. The minimum absolute atomic E-state index is 0.0315. The van der Waals surface area contributed by atoms with E-state index in [2.05, 4.69) is 98.9 Å². The maximum Gasteiger partial charge on any atom is 0.306 e. The Bertz CT molecular complexity index is 1780. The maximum absolute atomic E-state index is 12.9. The summed E-state index contributed by atoms with van der Waals surface area (Å²) in [6.07, 6.45) is 95.4. The summed E-state index contributed by atoms with van der Waals surface area (Å²) in [4.78, 5) is 38.1. The number of hydrogen-bond acceptors (Lipinski definition) is 8. The molecule has 89 heavy (non-hydrogen) atoms. The van der Waals surface area contributed by atoms with Gasteiger partial charge in [0.2, 0.25) is 0 Å². The number of ether oxygens (including phenoxy) is 2. The van der Waals surface area contributed by atoms with Crippen LogP contribution in [0.1, 0.15) is 354 Å². The largest absolute Gasteiger partial charge is 0.756 e. The van der Waals surface area contributed by atoms with Crippen LogP contribution in [0, 0.1) is 0 Å². The van der Waals surface area contributed by atoms with Crippen LogP contribution in [0.25, 0.3) is 0 Å². The zero-order valence-corrected chi connectivity index (χ0v) is 60.0. The molecule has 0 amide bonds. The number of phosphoric ester groups is 1. The molecule has 0 N–H and O–H groups in total. The molecule has 0 saturated carbocycles. The number of likely N-dealkylation sites (N-methyl/N-ethyl adjacent to an activating group) is 1. The molecular formula is C79H144NO8P. The molecule has 0 aliphatic heterocycles. The molecule has 518 valence electrons. The van der Waals surface area contributed by atoms with Crippen LogP contribution in [0.2, 0.25) is 0 Å². The predicted molar refractivity (Wildman–Crippen MR) is 383 cm³/mol. The molecule has 0 rings (SSSR count). The molecule has 0 aromatic heterocycles. The number of allylic oxidation sites excluding steroid dienone is 14. The Balaban J connectivity index is 4.00. The first-order valence-electron chi connectivity index (χ1n) is 37.8. The highest BCUT2D eigenvalue weighted by atomic mass is 31.2. The van der Waals surface area contributed by atoms with Gasteiger partial charge in [-0.1, -0.05) is 356 Å². The van der Waals surface area contributed by atoms with Crippen molar-refractivity contribution in [3.8, 4) is 0 Å². The normalized spacial score (nSPS) is 13.6. The average Bonchev–Trinajstić information content (AvgIpc) is 3.60. The zero-order valence-electron chi connectivity index (χ0n) is 59.1. The summed E-state index contributed by atoms with van der Waals surface area (Å²) in [5.74, 6) is -0.820. The second kappa shape index (κ2) is 69.5. The smallest absolute Gasteiger partial charge is 0.306 e. The first-order valence-corrected chi connectivity index (χ1v) is 39.3. The van der Waals surface area contributed by atoms with Crippen LogP contribution in [-0.2, 0) is 32.7 Å². The standard InChI is InChI=1S/C79H144NO8P/c1-6-8-10-12-14-16-18-20-22-24-26-28-30-32-34-36-38-39-40-41-42-44-46-48-50-52-54-56-58-60-62-64-66-68-70-72-79(82)88-77(76-87-89(83,84)86-74-73-80(3,4)5)75-85-78(81)71-69-67-65-63-61-59-57-55-53-51-49-47-45-43-37-35-33-31-29-27-25-23-21-19-17-15-13-11-9-7-2/h8,10,14,16,20,22,26,28,32,34,38-39,41-42,77H,6-7,9,11-13,15,17-19,21,23-25,27,29-31,33,35-37,40,43-76H2,1-5H3/b10-8-,16-14-,22-20-,28-26-,34-32-,39-38-,42-41-. The lowest BCUT2D eigenvalue weighted by Crippen LogP contribution is -2.37. The van der Waals surface area contributed by atoms with E-state index < -0.39 is 26.5 Å². The number of hydrogen-bond donors (Lipinski definition) is 0. The predicted octanol–water partition coefficient (Wildman–Crippen LogP) is 24.3. The lowest BCUT2D eigenvalue weighted by Gasteiger charge is -2.28. The van der Waals surface area contributed by atoms with E-state index in [1.807, 2.05) is 21.1 Å². The Morgan fingerprint density at radius 2 is 0.640 bits per heavy atom. The van der Waals surface area contributed by atoms with Crippen LogP contribution in [-0.4, -0.2) is 70.0 Å². The van der Waals surface area contributed by atoms with E-state index in [1.165, 1.54) is 238 Å². The second-order valence-corrected chi connectivity index (χ2v) is 28.1. The molecule has 0 saturated heterocycles. The van der Waals surface area contributed by atoms with Crippen LogP contribution in [0.5, 0.6) is 0 Å². The van der Waals surface area contributed by atoms with E-state index in [4.69, 9.17) is 18.5 Å². The average molecular weight is 1270 g/mol. The van der Waals surface area contributed by atoms with E-state index in [9.17, 15) is 19.0 Å². The SMILES string of the molecule is CC/C=C\C/C=C\C/C=C\C/C=C\C/C=C\C/C=C\C/C=C\CCCCCCCCCCCCCCCC(=O)OC(COC(=O)CCCCCCCCCCCCCCCCCCCCCCCCCCCCCCCC)COP(=O)([O-])OCC[N+](C)(C)C. The highest BCUT2D eigenvalue weighted by Crippen LogP contribution is 2.38. The lowest BCUT2D eigenvalue weighted by molar-refractivity contribution is -0.870. The molecule has 10 heteroatoms. The van der Waals surface area contributed by atoms with Crippen molar-refractivity contribution < 1.29 is 42.1 Å². The summed E-state index contributed by atoms with van der Waals surface area (Å²) < 4.78 is 34.4. The Morgan fingerprint density at radius 1 is 0.360 bits per heavy atom. The van der Waals surface area contributed by atoms with Crippen molar-refractivity contribution in [1.29, 1.82) is 0 Å². The zero-order chi connectivity index (χ0) is 64.8. The maximum atomic E-state index is 12.9. The first-order chi connectivity index (χ1) is 43.5. The third-order valence-electron chi connectivity index (χ3n) is 16.7. The molecule has 0 fully saturated rings. The third-order valence-corrected chi connectivity index (χ3v) is 17.6. The molecule has 9 nitrogen and oxygen atoms in total. The van der Waals surface area contributed by atoms with Gasteiger partial charge in [0.25, 0.3) is 7.82 Å². The van der Waals surface area contributed by atoms with Gasteiger partial charge in [0.05, 0.1) is 27.7 Å². The van der Waals surface area contributed by atoms with Crippen LogP contribution >= 0.6 is 7.82 Å². The fraction of sp³-hybridized carbons (Fsp3) is 0.797. The fourth-order valence-corrected chi connectivity index (χ4v) is 11.7. The molecule has 2 unspecified atom stereocenters. The Hall–Kier alpha value is -2.81. The molecule has 0 aliphatic carbocycles. The van der Waals surface area contributed by atoms with Crippen molar-refractivity contribution in [2.24, 2.45) is 0 Å². The number of unbranched alkanes of at least 4 members (excludes halogenated alkanes) is 42. The molecule has 0 spiro atoms. The second-order valence-electron chi connectivity index (χ2n) is 26.6. The number of esters is 2. The van der Waals surface area contributed by atoms with E-state index >= 15 is 0 Å². The minimum atomic E-state index is -4.65. The van der Waals surface area contributed by atoms with E-state index in [0.29, 0.717) is 17.4 Å². The van der Waals surface area contributed by atoms with Gasteiger partial charge in [-0.05, 0) is 70.6 Å². The molecule has 0 aliphatic rings. The Morgan fingerprint density at radius 3 is 0.955 bits per heavy atom. The van der Waals surface area contributed by atoms with Gasteiger partial charge < -0.3 is 27.9 Å². The van der Waals surface area contributed by atoms with Crippen LogP contribution in [0.15, 0.2) is 85.1 Å². The number of carbonyl (C=O) groups is 2. The van der Waals surface area contributed by atoms with E-state index in [1.54, 1.807) is 0 Å². The van der Waals surface area contributed by atoms with Gasteiger partial charge >= 0.3 is 11.9 Å². The number of phosphoric acid groups is 1. The summed E-state index contributed by atoms with van der Waals surface area (Å²) in [5.41, 5.74) is 0. The monoisotopic (exact) mass is 1270 g/mol. The lowest BCUT2D eigenvalue weighted by atomic mass is 10.0. The highest BCUT2D eigenvalue weighted by molar-refractivity contribution is 7.45. The first kappa shape index (κ1) is 86.2. The molecular weight excluding hydrogens is 1120 g/mol. The fourth-order valence-electron chi connectivity index (χ4n) is 10.9. The minimum Gasteiger partial charge on any atom is -0.756 e. The van der Waals surface area contributed by atoms with Crippen molar-refractivity contribution in [2.45, 2.75) is 360 Å². The van der Waals surface area contributed by atoms with Gasteiger partial charge in [0.15, 0.2) is 6.10 Å². The van der Waals surface area contributed by atoms with E-state index in [0.717, 1.165) is 83.5 Å². The summed E-state index contributed by atoms with van der Waals surface area (Å²) in [6, 6.07) is 0. The number of carbonyl (C=O) groups excluding carboxylic acids is 2. The van der Waals surface area contributed by atoms with Crippen molar-refractivity contribution >= 4 is 19.8 Å². The van der Waals surface area contributed by atoms with Crippen molar-refractivity contribution in [3.05, 3.63) is 85.1 Å². The summed E-state index contributed by atoms with van der Waals surface area (Å²) in [5, 5.41) is 0. The highest BCUT2D eigenvalue weighted by Gasteiger charge is 2.22. The van der Waals surface area contributed by atoms with Gasteiger partial charge in [-0.15, -0.1) is 0 Å². The third kappa shape index (κ3) is 74.1. The van der Waals surface area contributed by atoms with Crippen LogP contribution in [0.3, 0.4) is 0 Å². The van der Waals surface area contributed by atoms with Gasteiger partial charge in [-0.3, -0.25) is 14.2 Å². The number of quaternary nitrogens is 1. The molecule has 2 atom stereocenters. The molecule has 0 heterocycles. The summed E-state index contributed by atoms with van der Waals surface area (Å²) in [6.45, 7) is 4.18. The van der Waals surface area contributed by atoms with Gasteiger partial charge in [-0.2, -0.15) is 0 Å². The van der Waals surface area contributed by atoms with E-state index in [-0.39, 0.29) is 32.0 Å². The topological polar surface area (TPSA) is 111 Å². The van der Waals surface area contributed by atoms with Gasteiger partial charge in [0.1, 0.15) is 19.8 Å². The summed E-state index contributed by atoms with van der Waals surface area (Å²) in [7, 11) is 1.18. The molecule has 0 bridgehead atoms. The van der Waals surface area contributed by atoms with Crippen molar-refractivity contribution in [2.75, 3.05) is 47.5 Å². The van der Waals surface area contributed by atoms with Gasteiger partial charge in [-0.25, -0.2) is 0 Å². The van der Waals surface area contributed by atoms with Crippen molar-refractivity contribution in [3.63, 3.8) is 0 Å². The molecule has 0 radical (unpaired) electrons. The van der Waals surface area contributed by atoms with Crippen molar-refractivity contribution in [1.82, 2.24) is 0 Å².